The molecule has 2 aromatic rings. The molecular weight excluding hydrogens is 332 g/mol. The zero-order valence-electron chi connectivity index (χ0n) is 12.5. The average molecular weight is 353 g/mol. The summed E-state index contributed by atoms with van der Waals surface area (Å²) >= 11 is 3.40. The standard InChI is InChI=1S/C14H21BrN6/c1-19-3-4-20(2)12(9-19)6-16-5-11-7-18-14-8-17-13(15)10-21(11)14/h7-8,10,12,16H,3-6,9H2,1-2H3. The van der Waals surface area contributed by atoms with Crippen molar-refractivity contribution in [2.75, 3.05) is 40.3 Å². The van der Waals surface area contributed by atoms with E-state index in [9.17, 15) is 0 Å². The molecule has 0 aromatic carbocycles. The Morgan fingerprint density at radius 1 is 1.29 bits per heavy atom. The van der Waals surface area contributed by atoms with Crippen LogP contribution in [0.3, 0.4) is 0 Å². The number of nitrogens with one attached hydrogen (secondary N) is 1. The monoisotopic (exact) mass is 352 g/mol. The minimum atomic E-state index is 0.566. The van der Waals surface area contributed by atoms with Gasteiger partial charge in [0.15, 0.2) is 5.65 Å². The molecule has 3 rings (SSSR count). The van der Waals surface area contributed by atoms with Gasteiger partial charge in [-0.3, -0.25) is 9.30 Å². The van der Waals surface area contributed by atoms with Crippen molar-refractivity contribution >= 4 is 21.6 Å². The highest BCUT2D eigenvalue weighted by atomic mass is 79.9. The Hall–Kier alpha value is -1.02. The van der Waals surface area contributed by atoms with Crippen LogP contribution in [0.5, 0.6) is 0 Å². The molecule has 0 aliphatic carbocycles. The number of aromatic nitrogens is 3. The second-order valence-electron chi connectivity index (χ2n) is 5.72. The molecular formula is C14H21BrN6. The molecule has 7 heteroatoms. The predicted molar refractivity (Wildman–Crippen MR) is 86.3 cm³/mol. The van der Waals surface area contributed by atoms with Crippen LogP contribution in [0.2, 0.25) is 0 Å². The normalized spacial score (nSPS) is 21.2. The third-order valence-corrected chi connectivity index (χ3v) is 4.52. The minimum absolute atomic E-state index is 0.566. The summed E-state index contributed by atoms with van der Waals surface area (Å²) in [6.45, 7) is 5.20. The van der Waals surface area contributed by atoms with Gasteiger partial charge >= 0.3 is 0 Å². The lowest BCUT2D eigenvalue weighted by atomic mass is 10.2. The van der Waals surface area contributed by atoms with Crippen molar-refractivity contribution in [3.8, 4) is 0 Å². The van der Waals surface area contributed by atoms with Gasteiger partial charge < -0.3 is 10.2 Å². The first kappa shape index (κ1) is 14.9. The lowest BCUT2D eigenvalue weighted by Crippen LogP contribution is -2.53. The van der Waals surface area contributed by atoms with Crippen LogP contribution < -0.4 is 5.32 Å². The molecule has 2 aromatic heterocycles. The largest absolute Gasteiger partial charge is 0.310 e. The molecule has 1 aliphatic heterocycles. The Labute approximate surface area is 133 Å². The molecule has 0 spiro atoms. The highest BCUT2D eigenvalue weighted by molar-refractivity contribution is 9.10. The number of halogens is 1. The number of rotatable bonds is 4. The first-order valence-corrected chi connectivity index (χ1v) is 8.00. The fraction of sp³-hybridized carbons (Fsp3) is 0.571. The van der Waals surface area contributed by atoms with Gasteiger partial charge in [-0.15, -0.1) is 0 Å². The molecule has 0 amide bonds. The Kier molecular flexibility index (Phi) is 4.54. The van der Waals surface area contributed by atoms with E-state index in [1.807, 2.05) is 12.4 Å². The van der Waals surface area contributed by atoms with Crippen molar-refractivity contribution in [1.82, 2.24) is 29.5 Å². The lowest BCUT2D eigenvalue weighted by Gasteiger charge is -2.37. The minimum Gasteiger partial charge on any atom is -0.310 e. The third kappa shape index (κ3) is 3.42. The molecule has 1 unspecified atom stereocenters. The van der Waals surface area contributed by atoms with E-state index in [2.05, 4.69) is 59.5 Å². The maximum Gasteiger partial charge on any atom is 0.155 e. The number of likely N-dealkylation sites (N-methyl/N-ethyl adjacent to an activating group) is 2. The molecule has 1 aliphatic rings. The van der Waals surface area contributed by atoms with Crippen molar-refractivity contribution in [2.24, 2.45) is 0 Å². The van der Waals surface area contributed by atoms with Gasteiger partial charge in [0.1, 0.15) is 4.60 Å². The number of fused-ring (bicyclic) bond motifs is 1. The molecule has 1 fully saturated rings. The Morgan fingerprint density at radius 3 is 3.00 bits per heavy atom. The van der Waals surface area contributed by atoms with E-state index in [0.717, 1.165) is 48.7 Å². The van der Waals surface area contributed by atoms with Crippen LogP contribution in [0, 0.1) is 0 Å². The molecule has 1 N–H and O–H groups in total. The van der Waals surface area contributed by atoms with E-state index in [4.69, 9.17) is 0 Å². The van der Waals surface area contributed by atoms with Crippen molar-refractivity contribution in [1.29, 1.82) is 0 Å². The van der Waals surface area contributed by atoms with E-state index in [1.54, 1.807) is 6.20 Å². The number of hydrogen-bond donors (Lipinski definition) is 1. The summed E-state index contributed by atoms with van der Waals surface area (Å²) in [6, 6.07) is 0.566. The fourth-order valence-corrected chi connectivity index (χ4v) is 3.04. The van der Waals surface area contributed by atoms with Crippen molar-refractivity contribution < 1.29 is 0 Å². The van der Waals surface area contributed by atoms with E-state index in [1.165, 1.54) is 0 Å². The SMILES string of the molecule is CN1CCN(C)C(CNCc2cnc3cnc(Br)cn23)C1. The van der Waals surface area contributed by atoms with E-state index >= 15 is 0 Å². The summed E-state index contributed by atoms with van der Waals surface area (Å²) in [5.74, 6) is 0. The molecule has 114 valence electrons. The molecule has 3 heterocycles. The molecule has 1 saturated heterocycles. The Bertz CT molecular complexity index is 613. The summed E-state index contributed by atoms with van der Waals surface area (Å²) < 4.78 is 2.89. The van der Waals surface area contributed by atoms with Crippen LogP contribution in [0.25, 0.3) is 5.65 Å². The fourth-order valence-electron chi connectivity index (χ4n) is 2.74. The van der Waals surface area contributed by atoms with Gasteiger partial charge in [0, 0.05) is 45.0 Å². The van der Waals surface area contributed by atoms with Crippen LogP contribution in [-0.2, 0) is 6.54 Å². The average Bonchev–Trinajstić information content (AvgIpc) is 2.85. The summed E-state index contributed by atoms with van der Waals surface area (Å²) in [7, 11) is 4.39. The third-order valence-electron chi connectivity index (χ3n) is 4.11. The molecule has 0 bridgehead atoms. The number of imidazole rings is 1. The second-order valence-corrected chi connectivity index (χ2v) is 6.53. The van der Waals surface area contributed by atoms with Gasteiger partial charge in [-0.1, -0.05) is 0 Å². The van der Waals surface area contributed by atoms with Gasteiger partial charge in [0.2, 0.25) is 0 Å². The highest BCUT2D eigenvalue weighted by Crippen LogP contribution is 2.11. The van der Waals surface area contributed by atoms with E-state index < -0.39 is 0 Å². The topological polar surface area (TPSA) is 48.7 Å². The molecule has 0 radical (unpaired) electrons. The van der Waals surface area contributed by atoms with E-state index in [-0.39, 0.29) is 0 Å². The summed E-state index contributed by atoms with van der Waals surface area (Å²) in [4.78, 5) is 13.4. The maximum atomic E-state index is 4.37. The van der Waals surface area contributed by atoms with Gasteiger partial charge in [0.05, 0.1) is 18.1 Å². The van der Waals surface area contributed by atoms with Crippen LogP contribution in [-0.4, -0.2) is 70.5 Å². The lowest BCUT2D eigenvalue weighted by molar-refractivity contribution is 0.113. The van der Waals surface area contributed by atoms with Crippen LogP contribution in [0.15, 0.2) is 23.2 Å². The number of piperazine rings is 1. The Balaban J connectivity index is 1.60. The molecule has 6 nitrogen and oxygen atoms in total. The Morgan fingerprint density at radius 2 is 2.14 bits per heavy atom. The zero-order valence-corrected chi connectivity index (χ0v) is 14.0. The molecule has 1 atom stereocenters. The van der Waals surface area contributed by atoms with Crippen LogP contribution >= 0.6 is 15.9 Å². The number of nitrogens with zero attached hydrogens (tertiary/aromatic N) is 5. The molecule has 0 saturated carbocycles. The van der Waals surface area contributed by atoms with Crippen LogP contribution in [0.1, 0.15) is 5.69 Å². The van der Waals surface area contributed by atoms with Crippen LogP contribution in [0.4, 0.5) is 0 Å². The molecule has 21 heavy (non-hydrogen) atoms. The first-order chi connectivity index (χ1) is 10.1. The highest BCUT2D eigenvalue weighted by Gasteiger charge is 2.21. The summed E-state index contributed by atoms with van der Waals surface area (Å²) in [5.41, 5.74) is 2.03. The van der Waals surface area contributed by atoms with Crippen molar-refractivity contribution in [3.05, 3.63) is 28.9 Å². The maximum absolute atomic E-state index is 4.37. The van der Waals surface area contributed by atoms with Crippen molar-refractivity contribution in [2.45, 2.75) is 12.6 Å². The van der Waals surface area contributed by atoms with Gasteiger partial charge in [-0.05, 0) is 30.0 Å². The van der Waals surface area contributed by atoms with Gasteiger partial charge in [-0.2, -0.15) is 0 Å². The summed E-state index contributed by atoms with van der Waals surface area (Å²) in [6.07, 6.45) is 5.64. The van der Waals surface area contributed by atoms with Gasteiger partial charge in [-0.25, -0.2) is 9.97 Å². The zero-order chi connectivity index (χ0) is 14.8. The predicted octanol–water partition coefficient (Wildman–Crippen LogP) is 0.827. The quantitative estimate of drug-likeness (QED) is 0.882. The first-order valence-electron chi connectivity index (χ1n) is 7.20. The van der Waals surface area contributed by atoms with Gasteiger partial charge in [0.25, 0.3) is 0 Å². The second kappa shape index (κ2) is 6.39. The van der Waals surface area contributed by atoms with Crippen molar-refractivity contribution in [3.63, 3.8) is 0 Å². The van der Waals surface area contributed by atoms with E-state index in [0.29, 0.717) is 6.04 Å². The smallest absolute Gasteiger partial charge is 0.155 e. The number of hydrogen-bond acceptors (Lipinski definition) is 5. The summed E-state index contributed by atoms with van der Waals surface area (Å²) in [5, 5.41) is 3.56.